The van der Waals surface area contributed by atoms with Crippen molar-refractivity contribution in [2.24, 2.45) is 0 Å². The Balaban J connectivity index is 1.46. The molecule has 148 valence electrons. The zero-order chi connectivity index (χ0) is 20.7. The summed E-state index contributed by atoms with van der Waals surface area (Å²) in [6, 6.07) is 20.6. The third-order valence-corrected chi connectivity index (χ3v) is 5.86. The molecule has 1 amide bonds. The second-order valence-electron chi connectivity index (χ2n) is 7.06. The average Bonchev–Trinajstić information content (AvgIpc) is 3.29. The first kappa shape index (κ1) is 18.3. The predicted molar refractivity (Wildman–Crippen MR) is 118 cm³/mol. The first-order valence-electron chi connectivity index (χ1n) is 9.43. The van der Waals surface area contributed by atoms with E-state index < -0.39 is 5.76 Å². The van der Waals surface area contributed by atoms with Gasteiger partial charge in [-0.05, 0) is 42.8 Å². The summed E-state index contributed by atoms with van der Waals surface area (Å²) in [5, 5.41) is 3.38. The summed E-state index contributed by atoms with van der Waals surface area (Å²) in [6.07, 6.45) is 0. The number of oxazole rings is 1. The van der Waals surface area contributed by atoms with Crippen molar-refractivity contribution in [2.75, 3.05) is 5.32 Å². The molecule has 5 rings (SSSR count). The molecule has 30 heavy (non-hydrogen) atoms. The molecule has 0 aliphatic rings. The van der Waals surface area contributed by atoms with E-state index in [0.717, 1.165) is 21.3 Å². The van der Waals surface area contributed by atoms with E-state index in [-0.39, 0.29) is 5.91 Å². The van der Waals surface area contributed by atoms with Crippen LogP contribution in [0.3, 0.4) is 0 Å². The van der Waals surface area contributed by atoms with Crippen LogP contribution in [0, 0.1) is 6.92 Å². The van der Waals surface area contributed by atoms with Gasteiger partial charge in [-0.15, -0.1) is 0 Å². The lowest BCUT2D eigenvalue weighted by Crippen LogP contribution is -2.15. The molecule has 5 aromatic rings. The summed E-state index contributed by atoms with van der Waals surface area (Å²) in [5.41, 5.74) is 4.43. The highest BCUT2D eigenvalue weighted by Crippen LogP contribution is 2.26. The number of para-hydroxylation sites is 1. The topological polar surface area (TPSA) is 77.1 Å². The summed E-state index contributed by atoms with van der Waals surface area (Å²) in [4.78, 5) is 29.6. The minimum absolute atomic E-state index is 0.286. The SMILES string of the molecule is Cc1ccc(Cn2c(=O)oc3ccc(C(=O)Nc4nc5ccccc5s4)cc32)cc1. The van der Waals surface area contributed by atoms with Gasteiger partial charge in [-0.1, -0.05) is 53.3 Å². The molecule has 1 N–H and O–H groups in total. The molecular formula is C23H17N3O3S. The van der Waals surface area contributed by atoms with Crippen LogP contribution in [0.4, 0.5) is 5.13 Å². The van der Waals surface area contributed by atoms with Gasteiger partial charge in [0.2, 0.25) is 0 Å². The first-order chi connectivity index (χ1) is 14.6. The lowest BCUT2D eigenvalue weighted by molar-refractivity contribution is 0.102. The van der Waals surface area contributed by atoms with Crippen molar-refractivity contribution in [2.45, 2.75) is 13.5 Å². The van der Waals surface area contributed by atoms with Crippen LogP contribution in [0.5, 0.6) is 0 Å². The Bertz CT molecular complexity index is 1410. The van der Waals surface area contributed by atoms with Crippen molar-refractivity contribution >= 4 is 43.7 Å². The van der Waals surface area contributed by atoms with Crippen molar-refractivity contribution in [3.8, 4) is 0 Å². The third-order valence-electron chi connectivity index (χ3n) is 4.91. The monoisotopic (exact) mass is 415 g/mol. The normalized spacial score (nSPS) is 11.2. The van der Waals surface area contributed by atoms with E-state index in [2.05, 4.69) is 10.3 Å². The predicted octanol–water partition coefficient (Wildman–Crippen LogP) is 4.81. The van der Waals surface area contributed by atoms with Gasteiger partial charge in [0.25, 0.3) is 5.91 Å². The highest BCUT2D eigenvalue weighted by Gasteiger charge is 2.15. The lowest BCUT2D eigenvalue weighted by Gasteiger charge is -2.05. The number of benzene rings is 3. The number of rotatable bonds is 4. The molecule has 0 aliphatic heterocycles. The summed E-state index contributed by atoms with van der Waals surface area (Å²) >= 11 is 1.42. The number of hydrogen-bond acceptors (Lipinski definition) is 5. The van der Waals surface area contributed by atoms with E-state index in [4.69, 9.17) is 4.42 Å². The van der Waals surface area contributed by atoms with Gasteiger partial charge in [-0.3, -0.25) is 14.7 Å². The molecule has 3 aromatic carbocycles. The number of carbonyl (C=O) groups excluding carboxylic acids is 1. The highest BCUT2D eigenvalue weighted by molar-refractivity contribution is 7.22. The van der Waals surface area contributed by atoms with Crippen LogP contribution in [-0.4, -0.2) is 15.5 Å². The van der Waals surface area contributed by atoms with Gasteiger partial charge < -0.3 is 4.42 Å². The van der Waals surface area contributed by atoms with E-state index in [1.807, 2.05) is 55.5 Å². The molecule has 0 radical (unpaired) electrons. The second-order valence-corrected chi connectivity index (χ2v) is 8.09. The molecule has 6 nitrogen and oxygen atoms in total. The smallest absolute Gasteiger partial charge is 0.408 e. The van der Waals surface area contributed by atoms with Gasteiger partial charge >= 0.3 is 5.76 Å². The maximum Gasteiger partial charge on any atom is 0.420 e. The summed E-state index contributed by atoms with van der Waals surface area (Å²) in [7, 11) is 0. The number of aromatic nitrogens is 2. The minimum Gasteiger partial charge on any atom is -0.408 e. The molecule has 0 unspecified atom stereocenters. The largest absolute Gasteiger partial charge is 0.420 e. The summed E-state index contributed by atoms with van der Waals surface area (Å²) in [6.45, 7) is 2.38. The summed E-state index contributed by atoms with van der Waals surface area (Å²) < 4.78 is 7.89. The zero-order valence-electron chi connectivity index (χ0n) is 16.1. The number of hydrogen-bond donors (Lipinski definition) is 1. The fraction of sp³-hybridized carbons (Fsp3) is 0.0870. The first-order valence-corrected chi connectivity index (χ1v) is 10.2. The number of amides is 1. The number of nitrogens with one attached hydrogen (secondary N) is 1. The Kier molecular flexibility index (Phi) is 4.44. The molecule has 0 atom stereocenters. The third kappa shape index (κ3) is 3.40. The molecule has 2 aromatic heterocycles. The van der Waals surface area contributed by atoms with Crippen LogP contribution >= 0.6 is 11.3 Å². The van der Waals surface area contributed by atoms with Crippen molar-refractivity contribution in [3.05, 3.63) is 94.0 Å². The zero-order valence-corrected chi connectivity index (χ0v) is 16.9. The number of carbonyl (C=O) groups is 1. The van der Waals surface area contributed by atoms with Gasteiger partial charge in [0.1, 0.15) is 0 Å². The van der Waals surface area contributed by atoms with E-state index in [9.17, 15) is 9.59 Å². The second kappa shape index (κ2) is 7.27. The summed E-state index contributed by atoms with van der Waals surface area (Å²) in [5.74, 6) is -0.735. The van der Waals surface area contributed by atoms with Crippen molar-refractivity contribution in [3.63, 3.8) is 0 Å². The van der Waals surface area contributed by atoms with Crippen LogP contribution in [0.1, 0.15) is 21.5 Å². The molecule has 0 spiro atoms. The fourth-order valence-electron chi connectivity index (χ4n) is 3.32. The van der Waals surface area contributed by atoms with Gasteiger partial charge in [-0.25, -0.2) is 9.78 Å². The van der Waals surface area contributed by atoms with E-state index in [0.29, 0.717) is 28.3 Å². The quantitative estimate of drug-likeness (QED) is 0.457. The van der Waals surface area contributed by atoms with E-state index in [1.165, 1.54) is 15.9 Å². The number of anilines is 1. The molecule has 0 saturated carbocycles. The van der Waals surface area contributed by atoms with Gasteiger partial charge in [0.05, 0.1) is 22.3 Å². The Labute approximate surface area is 175 Å². The van der Waals surface area contributed by atoms with Crippen LogP contribution in [0.2, 0.25) is 0 Å². The van der Waals surface area contributed by atoms with E-state index >= 15 is 0 Å². The van der Waals surface area contributed by atoms with Crippen LogP contribution < -0.4 is 11.1 Å². The molecule has 2 heterocycles. The standard InChI is InChI=1S/C23H17N3O3S/c1-14-6-8-15(9-7-14)13-26-18-12-16(10-11-19(18)29-23(26)28)21(27)25-22-24-17-4-2-3-5-20(17)30-22/h2-12H,13H2,1H3,(H,24,25,27). The maximum absolute atomic E-state index is 12.8. The molecule has 0 saturated heterocycles. The molecule has 0 fully saturated rings. The van der Waals surface area contributed by atoms with Crippen LogP contribution in [0.25, 0.3) is 21.3 Å². The Morgan fingerprint density at radius 2 is 1.90 bits per heavy atom. The average molecular weight is 415 g/mol. The van der Waals surface area contributed by atoms with Gasteiger partial charge in [0, 0.05) is 5.56 Å². The van der Waals surface area contributed by atoms with Crippen LogP contribution in [0.15, 0.2) is 75.9 Å². The number of fused-ring (bicyclic) bond motifs is 2. The molecular weight excluding hydrogens is 398 g/mol. The Hall–Kier alpha value is -3.71. The van der Waals surface area contributed by atoms with E-state index in [1.54, 1.807) is 18.2 Å². The molecule has 7 heteroatoms. The molecule has 0 aliphatic carbocycles. The Morgan fingerprint density at radius 1 is 1.10 bits per heavy atom. The lowest BCUT2D eigenvalue weighted by atomic mass is 10.1. The number of aryl methyl sites for hydroxylation is 1. The van der Waals surface area contributed by atoms with Crippen LogP contribution in [-0.2, 0) is 6.54 Å². The Morgan fingerprint density at radius 3 is 2.70 bits per heavy atom. The van der Waals surface area contributed by atoms with Crippen molar-refractivity contribution in [1.82, 2.24) is 9.55 Å². The number of nitrogens with zero attached hydrogens (tertiary/aromatic N) is 2. The minimum atomic E-state index is -0.450. The molecule has 0 bridgehead atoms. The number of thiazole rings is 1. The van der Waals surface area contributed by atoms with Crippen molar-refractivity contribution in [1.29, 1.82) is 0 Å². The maximum atomic E-state index is 12.8. The van der Waals surface area contributed by atoms with Gasteiger partial charge in [-0.2, -0.15) is 0 Å². The highest BCUT2D eigenvalue weighted by atomic mass is 32.1. The van der Waals surface area contributed by atoms with Gasteiger partial charge in [0.15, 0.2) is 10.7 Å². The fourth-order valence-corrected chi connectivity index (χ4v) is 4.19. The van der Waals surface area contributed by atoms with Crippen molar-refractivity contribution < 1.29 is 9.21 Å².